The van der Waals surface area contributed by atoms with Gasteiger partial charge in [0, 0.05) is 6.61 Å². The molecule has 1 aliphatic rings. The van der Waals surface area contributed by atoms with Crippen LogP contribution in [0, 0.1) is 0 Å². The van der Waals surface area contributed by atoms with Crippen molar-refractivity contribution < 1.29 is 28.5 Å². The number of Topliss-reactive ketones (excluding diaryl/α,β-unsaturated/α-hetero) is 1. The van der Waals surface area contributed by atoms with Gasteiger partial charge in [0.1, 0.15) is 13.0 Å². The molecule has 110 valence electrons. The smallest absolute Gasteiger partial charge is 0.313 e. The molecule has 1 fully saturated rings. The number of carbonyl (C=O) groups is 2. The molecule has 1 rings (SSSR count). The summed E-state index contributed by atoms with van der Waals surface area (Å²) in [6.45, 7) is 3.33. The van der Waals surface area contributed by atoms with Crippen molar-refractivity contribution >= 4 is 11.8 Å². The number of esters is 1. The summed E-state index contributed by atoms with van der Waals surface area (Å²) in [6.07, 6.45) is 2.72. The van der Waals surface area contributed by atoms with Gasteiger partial charge in [-0.15, -0.1) is 0 Å². The first-order chi connectivity index (χ1) is 9.22. The molecule has 6 nitrogen and oxygen atoms in total. The Morgan fingerprint density at radius 1 is 1.26 bits per heavy atom. The molecule has 6 heteroatoms. The fourth-order valence-electron chi connectivity index (χ4n) is 1.69. The molecule has 1 saturated heterocycles. The normalized spacial score (nSPS) is 19.1. The van der Waals surface area contributed by atoms with Gasteiger partial charge in [-0.1, -0.05) is 0 Å². The molecule has 0 aromatic heterocycles. The fourth-order valence-corrected chi connectivity index (χ4v) is 1.69. The number of rotatable bonds is 9. The summed E-state index contributed by atoms with van der Waals surface area (Å²) in [6, 6.07) is 0. The molecular weight excluding hydrogens is 252 g/mol. The van der Waals surface area contributed by atoms with Crippen LogP contribution in [0.1, 0.15) is 32.6 Å². The van der Waals surface area contributed by atoms with Crippen molar-refractivity contribution in [2.24, 2.45) is 0 Å². The van der Waals surface area contributed by atoms with Crippen molar-refractivity contribution in [3.8, 4) is 0 Å². The Morgan fingerprint density at radius 2 is 2.11 bits per heavy atom. The first-order valence-corrected chi connectivity index (χ1v) is 6.70. The van der Waals surface area contributed by atoms with Gasteiger partial charge in [-0.05, 0) is 26.2 Å². The molecule has 0 amide bonds. The van der Waals surface area contributed by atoms with E-state index in [4.69, 9.17) is 14.2 Å². The summed E-state index contributed by atoms with van der Waals surface area (Å²) in [7, 11) is 0. The number of ketones is 1. The molecule has 0 N–H and O–H groups in total. The SMILES string of the molecule is CCOC(=O)CC(=O)COCCOC1CCCCO1. The van der Waals surface area contributed by atoms with Crippen LogP contribution in [0.5, 0.6) is 0 Å². The average molecular weight is 274 g/mol. The maximum Gasteiger partial charge on any atom is 0.313 e. The van der Waals surface area contributed by atoms with Crippen molar-refractivity contribution in [3.05, 3.63) is 0 Å². The third-order valence-corrected chi connectivity index (χ3v) is 2.58. The second-order valence-corrected chi connectivity index (χ2v) is 4.24. The summed E-state index contributed by atoms with van der Waals surface area (Å²) < 4.78 is 20.6. The summed E-state index contributed by atoms with van der Waals surface area (Å²) in [5.74, 6) is -0.796. The molecular formula is C13H22O6. The lowest BCUT2D eigenvalue weighted by Crippen LogP contribution is -2.24. The Bertz CT molecular complexity index is 272. The van der Waals surface area contributed by atoms with E-state index in [9.17, 15) is 9.59 Å². The van der Waals surface area contributed by atoms with E-state index in [1.807, 2.05) is 0 Å². The Kier molecular flexibility index (Phi) is 8.36. The Morgan fingerprint density at radius 3 is 2.79 bits per heavy atom. The highest BCUT2D eigenvalue weighted by Gasteiger charge is 2.14. The molecule has 19 heavy (non-hydrogen) atoms. The zero-order chi connectivity index (χ0) is 13.9. The van der Waals surface area contributed by atoms with Gasteiger partial charge in [0.25, 0.3) is 0 Å². The van der Waals surface area contributed by atoms with Gasteiger partial charge in [0.2, 0.25) is 0 Å². The van der Waals surface area contributed by atoms with Crippen molar-refractivity contribution in [2.75, 3.05) is 33.0 Å². The summed E-state index contributed by atoms with van der Waals surface area (Å²) in [5, 5.41) is 0. The molecule has 0 saturated carbocycles. The van der Waals surface area contributed by atoms with Crippen molar-refractivity contribution in [2.45, 2.75) is 38.9 Å². The quantitative estimate of drug-likeness (QED) is 0.356. The van der Waals surface area contributed by atoms with E-state index in [-0.39, 0.29) is 31.7 Å². The predicted molar refractivity (Wildman–Crippen MR) is 66.6 cm³/mol. The largest absolute Gasteiger partial charge is 0.466 e. The maximum atomic E-state index is 11.3. The third kappa shape index (κ3) is 7.92. The molecule has 0 bridgehead atoms. The Balaban J connectivity index is 1.94. The van der Waals surface area contributed by atoms with Crippen LogP contribution in [0.15, 0.2) is 0 Å². The second kappa shape index (κ2) is 9.89. The molecule has 0 aliphatic carbocycles. The number of hydrogen-bond acceptors (Lipinski definition) is 6. The zero-order valence-corrected chi connectivity index (χ0v) is 11.4. The van der Waals surface area contributed by atoms with E-state index in [0.717, 1.165) is 25.9 Å². The molecule has 0 spiro atoms. The van der Waals surface area contributed by atoms with E-state index in [0.29, 0.717) is 13.2 Å². The Hall–Kier alpha value is -0.980. The summed E-state index contributed by atoms with van der Waals surface area (Å²) in [4.78, 5) is 22.3. The van der Waals surface area contributed by atoms with Gasteiger partial charge in [-0.25, -0.2) is 0 Å². The third-order valence-electron chi connectivity index (χ3n) is 2.58. The Labute approximate surface area is 113 Å². The van der Waals surface area contributed by atoms with Gasteiger partial charge >= 0.3 is 5.97 Å². The lowest BCUT2D eigenvalue weighted by atomic mass is 10.2. The van der Waals surface area contributed by atoms with Crippen LogP contribution >= 0.6 is 0 Å². The van der Waals surface area contributed by atoms with Gasteiger partial charge in [-0.2, -0.15) is 0 Å². The van der Waals surface area contributed by atoms with Crippen LogP contribution in [-0.2, 0) is 28.5 Å². The minimum absolute atomic E-state index is 0.0896. The van der Waals surface area contributed by atoms with Gasteiger partial charge < -0.3 is 18.9 Å². The first-order valence-electron chi connectivity index (χ1n) is 6.70. The van der Waals surface area contributed by atoms with Gasteiger partial charge in [0.05, 0.1) is 19.8 Å². The zero-order valence-electron chi connectivity index (χ0n) is 11.4. The predicted octanol–water partition coefficient (Wildman–Crippen LogP) is 1.07. The van der Waals surface area contributed by atoms with Crippen LogP contribution in [-0.4, -0.2) is 51.1 Å². The highest BCUT2D eigenvalue weighted by atomic mass is 16.7. The highest BCUT2D eigenvalue weighted by molar-refractivity contribution is 5.96. The van der Waals surface area contributed by atoms with Crippen LogP contribution in [0.3, 0.4) is 0 Å². The first kappa shape index (κ1) is 16.1. The van der Waals surface area contributed by atoms with Gasteiger partial charge in [-0.3, -0.25) is 9.59 Å². The van der Waals surface area contributed by atoms with Crippen LogP contribution in [0.2, 0.25) is 0 Å². The van der Waals surface area contributed by atoms with Crippen LogP contribution in [0.4, 0.5) is 0 Å². The standard InChI is InChI=1S/C13H22O6/c1-2-17-12(15)9-11(14)10-16-7-8-19-13-5-3-4-6-18-13/h13H,2-10H2,1H3. The van der Waals surface area contributed by atoms with Crippen molar-refractivity contribution in [1.29, 1.82) is 0 Å². The van der Waals surface area contributed by atoms with E-state index in [2.05, 4.69) is 4.74 Å². The lowest BCUT2D eigenvalue weighted by molar-refractivity contribution is -0.169. The van der Waals surface area contributed by atoms with E-state index in [1.54, 1.807) is 6.92 Å². The molecule has 0 aromatic rings. The average Bonchev–Trinajstić information content (AvgIpc) is 2.39. The topological polar surface area (TPSA) is 71.1 Å². The molecule has 1 aliphatic heterocycles. The molecule has 1 heterocycles. The minimum Gasteiger partial charge on any atom is -0.466 e. The number of carbonyl (C=O) groups excluding carboxylic acids is 2. The molecule has 1 atom stereocenters. The van der Waals surface area contributed by atoms with Crippen molar-refractivity contribution in [3.63, 3.8) is 0 Å². The monoisotopic (exact) mass is 274 g/mol. The minimum atomic E-state index is -0.511. The number of ether oxygens (including phenoxy) is 4. The van der Waals surface area contributed by atoms with E-state index >= 15 is 0 Å². The second-order valence-electron chi connectivity index (χ2n) is 4.24. The van der Waals surface area contributed by atoms with Crippen LogP contribution in [0.25, 0.3) is 0 Å². The van der Waals surface area contributed by atoms with Crippen molar-refractivity contribution in [1.82, 2.24) is 0 Å². The van der Waals surface area contributed by atoms with Crippen LogP contribution < -0.4 is 0 Å². The highest BCUT2D eigenvalue weighted by Crippen LogP contribution is 2.13. The molecule has 1 unspecified atom stereocenters. The van der Waals surface area contributed by atoms with E-state index < -0.39 is 5.97 Å². The number of hydrogen-bond donors (Lipinski definition) is 0. The summed E-state index contributed by atoms with van der Waals surface area (Å²) >= 11 is 0. The maximum absolute atomic E-state index is 11.3. The lowest BCUT2D eigenvalue weighted by Gasteiger charge is -2.22. The molecule has 0 aromatic carbocycles. The van der Waals surface area contributed by atoms with E-state index in [1.165, 1.54) is 0 Å². The van der Waals surface area contributed by atoms with Gasteiger partial charge in [0.15, 0.2) is 12.1 Å². The molecule has 0 radical (unpaired) electrons. The fraction of sp³-hybridized carbons (Fsp3) is 0.846. The summed E-state index contributed by atoms with van der Waals surface area (Å²) in [5.41, 5.74) is 0.